The number of nitrogens with one attached hydrogen (secondary N) is 1. The second kappa shape index (κ2) is 8.74. The van der Waals surface area contributed by atoms with Crippen LogP contribution in [0.15, 0.2) is 12.1 Å². The van der Waals surface area contributed by atoms with Gasteiger partial charge in [0, 0.05) is 12.6 Å². The highest BCUT2D eigenvalue weighted by Gasteiger charge is 2.13. The highest BCUT2D eigenvalue weighted by atomic mass is 35.5. The molecule has 1 aromatic rings. The van der Waals surface area contributed by atoms with Gasteiger partial charge in [-0.25, -0.2) is 0 Å². The summed E-state index contributed by atoms with van der Waals surface area (Å²) in [5.74, 6) is 0.266. The zero-order valence-electron chi connectivity index (χ0n) is 12.7. The van der Waals surface area contributed by atoms with Crippen LogP contribution >= 0.6 is 11.6 Å². The van der Waals surface area contributed by atoms with Gasteiger partial charge in [-0.05, 0) is 30.5 Å². The predicted octanol–water partition coefficient (Wildman–Crippen LogP) is 2.49. The number of carbonyl (C=O) groups excluding carboxylic acids is 1. The molecule has 0 heterocycles. The van der Waals surface area contributed by atoms with Crippen LogP contribution in [0, 0.1) is 0 Å². The van der Waals surface area contributed by atoms with E-state index in [1.54, 1.807) is 6.07 Å². The Morgan fingerprint density at radius 2 is 2.05 bits per heavy atom. The van der Waals surface area contributed by atoms with Gasteiger partial charge in [-0.2, -0.15) is 0 Å². The molecule has 0 aliphatic rings. The van der Waals surface area contributed by atoms with Gasteiger partial charge in [0.15, 0.2) is 18.1 Å². The van der Waals surface area contributed by atoms with E-state index in [1.807, 2.05) is 6.07 Å². The van der Waals surface area contributed by atoms with Gasteiger partial charge < -0.3 is 20.5 Å². The number of halogens is 1. The summed E-state index contributed by atoms with van der Waals surface area (Å²) >= 11 is 6.19. The lowest BCUT2D eigenvalue weighted by Gasteiger charge is -2.17. The molecule has 0 saturated heterocycles. The predicted molar refractivity (Wildman–Crippen MR) is 83.9 cm³/mol. The number of hydrogen-bond donors (Lipinski definition) is 2. The Labute approximate surface area is 130 Å². The van der Waals surface area contributed by atoms with E-state index in [2.05, 4.69) is 19.2 Å². The minimum absolute atomic E-state index is 0.235. The number of carbonyl (C=O) groups is 1. The Hall–Kier alpha value is -1.46. The van der Waals surface area contributed by atoms with E-state index >= 15 is 0 Å². The molecule has 0 atom stereocenters. The van der Waals surface area contributed by atoms with Crippen LogP contribution in [0.25, 0.3) is 0 Å². The molecule has 0 aliphatic carbocycles. The fourth-order valence-electron chi connectivity index (χ4n) is 2.00. The van der Waals surface area contributed by atoms with E-state index in [-0.39, 0.29) is 6.61 Å². The van der Waals surface area contributed by atoms with Crippen molar-refractivity contribution in [1.82, 2.24) is 5.32 Å². The summed E-state index contributed by atoms with van der Waals surface area (Å²) in [6, 6.07) is 4.12. The number of primary amides is 1. The molecule has 5 nitrogen and oxygen atoms in total. The molecule has 0 radical (unpaired) electrons. The lowest BCUT2D eigenvalue weighted by molar-refractivity contribution is -0.119. The molecule has 0 fully saturated rings. The second-order valence-corrected chi connectivity index (χ2v) is 5.17. The zero-order chi connectivity index (χ0) is 15.8. The standard InChI is InChI=1S/C15H23ClN2O3/c1-4-11(5-2)18-8-10-6-12(16)15(13(7-10)20-3)21-9-14(17)19/h6-7,11,18H,4-5,8-9H2,1-3H3,(H2,17,19). The van der Waals surface area contributed by atoms with Crippen LogP contribution in [0.3, 0.4) is 0 Å². The van der Waals surface area contributed by atoms with Crippen LogP contribution in [0.4, 0.5) is 0 Å². The lowest BCUT2D eigenvalue weighted by Crippen LogP contribution is -2.27. The molecular formula is C15H23ClN2O3. The van der Waals surface area contributed by atoms with Crippen molar-refractivity contribution in [2.45, 2.75) is 39.3 Å². The molecule has 0 aromatic heterocycles. The summed E-state index contributed by atoms with van der Waals surface area (Å²) < 4.78 is 10.6. The average Bonchev–Trinajstić information content (AvgIpc) is 2.46. The highest BCUT2D eigenvalue weighted by Crippen LogP contribution is 2.36. The summed E-state index contributed by atoms with van der Waals surface area (Å²) in [5, 5.41) is 3.85. The first-order valence-corrected chi connectivity index (χ1v) is 7.40. The van der Waals surface area contributed by atoms with Gasteiger partial charge in [0.2, 0.25) is 0 Å². The van der Waals surface area contributed by atoms with Gasteiger partial charge in [-0.1, -0.05) is 25.4 Å². The summed E-state index contributed by atoms with van der Waals surface area (Å²) in [7, 11) is 1.53. The van der Waals surface area contributed by atoms with E-state index in [4.69, 9.17) is 26.8 Å². The molecule has 0 bridgehead atoms. The lowest BCUT2D eigenvalue weighted by atomic mass is 10.1. The van der Waals surface area contributed by atoms with Gasteiger partial charge in [-0.3, -0.25) is 4.79 Å². The second-order valence-electron chi connectivity index (χ2n) is 4.76. The molecule has 1 rings (SSSR count). The van der Waals surface area contributed by atoms with Crippen molar-refractivity contribution in [2.24, 2.45) is 5.73 Å². The SMILES string of the molecule is CCC(CC)NCc1cc(Cl)c(OCC(N)=O)c(OC)c1. The molecule has 0 aliphatic heterocycles. The molecule has 1 aromatic carbocycles. The minimum atomic E-state index is -0.562. The van der Waals surface area contributed by atoms with Gasteiger partial charge in [0.05, 0.1) is 12.1 Å². The molecular weight excluding hydrogens is 292 g/mol. The van der Waals surface area contributed by atoms with Crippen molar-refractivity contribution in [2.75, 3.05) is 13.7 Å². The van der Waals surface area contributed by atoms with Crippen LogP contribution in [-0.2, 0) is 11.3 Å². The first kappa shape index (κ1) is 17.6. The van der Waals surface area contributed by atoms with Crippen LogP contribution in [0.2, 0.25) is 5.02 Å². The number of amides is 1. The van der Waals surface area contributed by atoms with Crippen LogP contribution in [0.5, 0.6) is 11.5 Å². The third-order valence-electron chi connectivity index (χ3n) is 3.23. The van der Waals surface area contributed by atoms with Gasteiger partial charge in [0.25, 0.3) is 5.91 Å². The molecule has 0 saturated carbocycles. The topological polar surface area (TPSA) is 73.6 Å². The van der Waals surface area contributed by atoms with Gasteiger partial charge >= 0.3 is 0 Å². The molecule has 0 unspecified atom stereocenters. The van der Waals surface area contributed by atoms with E-state index < -0.39 is 5.91 Å². The van der Waals surface area contributed by atoms with Gasteiger partial charge in [-0.15, -0.1) is 0 Å². The Balaban J connectivity index is 2.84. The van der Waals surface area contributed by atoms with Gasteiger partial charge in [0.1, 0.15) is 0 Å². The fourth-order valence-corrected chi connectivity index (χ4v) is 2.29. The molecule has 1 amide bonds. The number of hydrogen-bond acceptors (Lipinski definition) is 4. The normalized spacial score (nSPS) is 10.7. The monoisotopic (exact) mass is 314 g/mol. The maximum absolute atomic E-state index is 10.8. The van der Waals surface area contributed by atoms with E-state index in [1.165, 1.54) is 7.11 Å². The average molecular weight is 315 g/mol. The summed E-state index contributed by atoms with van der Waals surface area (Å²) in [4.78, 5) is 10.8. The van der Waals surface area contributed by atoms with Crippen molar-refractivity contribution in [3.8, 4) is 11.5 Å². The number of benzene rings is 1. The van der Waals surface area contributed by atoms with E-state index in [9.17, 15) is 4.79 Å². The third kappa shape index (κ3) is 5.44. The fraction of sp³-hybridized carbons (Fsp3) is 0.533. The number of methoxy groups -OCH3 is 1. The maximum Gasteiger partial charge on any atom is 0.255 e. The quantitative estimate of drug-likeness (QED) is 0.734. The van der Waals surface area contributed by atoms with E-state index in [0.29, 0.717) is 29.1 Å². The number of nitrogens with two attached hydrogens (primary N) is 1. The molecule has 21 heavy (non-hydrogen) atoms. The Bertz CT molecular complexity index is 476. The third-order valence-corrected chi connectivity index (χ3v) is 3.51. The van der Waals surface area contributed by atoms with Crippen molar-refractivity contribution < 1.29 is 14.3 Å². The molecule has 6 heteroatoms. The van der Waals surface area contributed by atoms with Crippen LogP contribution in [0.1, 0.15) is 32.3 Å². The Kier molecular flexibility index (Phi) is 7.32. The van der Waals surface area contributed by atoms with E-state index in [0.717, 1.165) is 18.4 Å². The Morgan fingerprint density at radius 1 is 1.38 bits per heavy atom. The molecule has 118 valence electrons. The van der Waals surface area contributed by atoms with Crippen LogP contribution < -0.4 is 20.5 Å². The molecule has 0 spiro atoms. The number of rotatable bonds is 9. The van der Waals surface area contributed by atoms with Crippen molar-refractivity contribution in [3.63, 3.8) is 0 Å². The summed E-state index contributed by atoms with van der Waals surface area (Å²) in [6.45, 7) is 4.75. The minimum Gasteiger partial charge on any atom is -0.493 e. The first-order valence-electron chi connectivity index (χ1n) is 7.02. The summed E-state index contributed by atoms with van der Waals surface area (Å²) in [5.41, 5.74) is 6.06. The Morgan fingerprint density at radius 3 is 2.57 bits per heavy atom. The smallest absolute Gasteiger partial charge is 0.255 e. The maximum atomic E-state index is 10.8. The highest BCUT2D eigenvalue weighted by molar-refractivity contribution is 6.32. The van der Waals surface area contributed by atoms with Crippen molar-refractivity contribution in [3.05, 3.63) is 22.7 Å². The zero-order valence-corrected chi connectivity index (χ0v) is 13.5. The molecule has 3 N–H and O–H groups in total. The van der Waals surface area contributed by atoms with Crippen molar-refractivity contribution in [1.29, 1.82) is 0 Å². The largest absolute Gasteiger partial charge is 0.493 e. The van der Waals surface area contributed by atoms with Crippen LogP contribution in [-0.4, -0.2) is 25.7 Å². The number of ether oxygens (including phenoxy) is 2. The first-order chi connectivity index (χ1) is 10.0. The summed E-state index contributed by atoms with van der Waals surface area (Å²) in [6.07, 6.45) is 2.14. The van der Waals surface area contributed by atoms with Crippen molar-refractivity contribution >= 4 is 17.5 Å².